The van der Waals surface area contributed by atoms with Crippen LogP contribution in [0.2, 0.25) is 5.02 Å². The van der Waals surface area contributed by atoms with Crippen LogP contribution < -0.4 is 10.1 Å². The Balaban J connectivity index is 1.93. The largest absolute Gasteiger partial charge is 0.487 e. The third-order valence-corrected chi connectivity index (χ3v) is 3.83. The van der Waals surface area contributed by atoms with E-state index in [0.717, 1.165) is 35.7 Å². The smallest absolute Gasteiger partial charge is 0.128 e. The Bertz CT molecular complexity index is 425. The van der Waals surface area contributed by atoms with Crippen LogP contribution in [-0.4, -0.2) is 31.9 Å². The monoisotopic (exact) mass is 283 g/mol. The molecule has 1 aliphatic carbocycles. The van der Waals surface area contributed by atoms with Crippen molar-refractivity contribution >= 4 is 11.6 Å². The van der Waals surface area contributed by atoms with Crippen molar-refractivity contribution in [3.05, 3.63) is 28.8 Å². The van der Waals surface area contributed by atoms with Gasteiger partial charge in [-0.15, -0.1) is 0 Å². The van der Waals surface area contributed by atoms with Crippen molar-refractivity contribution in [3.63, 3.8) is 0 Å². The molecule has 0 heterocycles. The minimum absolute atomic E-state index is 0.124. The van der Waals surface area contributed by atoms with Crippen LogP contribution in [0.3, 0.4) is 0 Å². The lowest BCUT2D eigenvalue weighted by atomic mass is 9.85. The standard InChI is InChI=1S/C15H22ClNO2/c1-4-7-17-12-9-14(15(12)18-3)19-13-6-5-11(16)8-10(13)2/h5-6,8,12,14-15,17H,4,7,9H2,1-3H3. The third kappa shape index (κ3) is 3.41. The highest BCUT2D eigenvalue weighted by Gasteiger charge is 2.42. The lowest BCUT2D eigenvalue weighted by molar-refractivity contribution is -0.0889. The maximum Gasteiger partial charge on any atom is 0.128 e. The van der Waals surface area contributed by atoms with Crippen molar-refractivity contribution in [2.75, 3.05) is 13.7 Å². The van der Waals surface area contributed by atoms with E-state index in [1.54, 1.807) is 7.11 Å². The number of halogens is 1. The number of rotatable bonds is 6. The van der Waals surface area contributed by atoms with E-state index in [-0.39, 0.29) is 12.2 Å². The number of aryl methyl sites for hydroxylation is 1. The van der Waals surface area contributed by atoms with E-state index in [1.807, 2.05) is 25.1 Å². The van der Waals surface area contributed by atoms with Gasteiger partial charge < -0.3 is 14.8 Å². The number of ether oxygens (including phenoxy) is 2. The van der Waals surface area contributed by atoms with Crippen molar-refractivity contribution < 1.29 is 9.47 Å². The second-order valence-corrected chi connectivity index (χ2v) is 5.50. The Hall–Kier alpha value is -0.770. The minimum atomic E-state index is 0.124. The average molecular weight is 284 g/mol. The molecule has 0 amide bonds. The van der Waals surface area contributed by atoms with Gasteiger partial charge >= 0.3 is 0 Å². The lowest BCUT2D eigenvalue weighted by Gasteiger charge is -2.43. The van der Waals surface area contributed by atoms with Gasteiger partial charge in [-0.2, -0.15) is 0 Å². The normalized spacial score (nSPS) is 26.0. The molecule has 0 bridgehead atoms. The fourth-order valence-corrected chi connectivity index (χ4v) is 2.68. The van der Waals surface area contributed by atoms with E-state index in [9.17, 15) is 0 Å². The highest BCUT2D eigenvalue weighted by Crippen LogP contribution is 2.31. The topological polar surface area (TPSA) is 30.5 Å². The molecule has 1 aliphatic rings. The van der Waals surface area contributed by atoms with Gasteiger partial charge in [-0.05, 0) is 43.7 Å². The quantitative estimate of drug-likeness (QED) is 0.870. The fraction of sp³-hybridized carbons (Fsp3) is 0.600. The van der Waals surface area contributed by atoms with E-state index in [4.69, 9.17) is 21.1 Å². The Morgan fingerprint density at radius 1 is 1.42 bits per heavy atom. The Kier molecular flexibility index (Phi) is 5.08. The van der Waals surface area contributed by atoms with Gasteiger partial charge in [0.05, 0.1) is 0 Å². The van der Waals surface area contributed by atoms with Crippen molar-refractivity contribution in [3.8, 4) is 5.75 Å². The van der Waals surface area contributed by atoms with Gasteiger partial charge in [-0.3, -0.25) is 0 Å². The highest BCUT2D eigenvalue weighted by atomic mass is 35.5. The first kappa shape index (κ1) is 14.6. The molecule has 0 radical (unpaired) electrons. The first-order valence-electron chi connectivity index (χ1n) is 6.84. The Morgan fingerprint density at radius 3 is 2.84 bits per heavy atom. The van der Waals surface area contributed by atoms with Gasteiger partial charge in [0.25, 0.3) is 0 Å². The van der Waals surface area contributed by atoms with Crippen molar-refractivity contribution in [1.82, 2.24) is 5.32 Å². The summed E-state index contributed by atoms with van der Waals surface area (Å²) in [6.45, 7) is 5.20. The summed E-state index contributed by atoms with van der Waals surface area (Å²) in [5.41, 5.74) is 1.06. The summed E-state index contributed by atoms with van der Waals surface area (Å²) in [5.74, 6) is 0.894. The van der Waals surface area contributed by atoms with Crippen molar-refractivity contribution in [2.24, 2.45) is 0 Å². The molecular formula is C15H22ClNO2. The summed E-state index contributed by atoms with van der Waals surface area (Å²) < 4.78 is 11.6. The van der Waals surface area contributed by atoms with Crippen LogP contribution in [-0.2, 0) is 4.74 Å². The van der Waals surface area contributed by atoms with Crippen LogP contribution in [0.5, 0.6) is 5.75 Å². The number of nitrogens with one attached hydrogen (secondary N) is 1. The predicted molar refractivity (Wildman–Crippen MR) is 78.1 cm³/mol. The Labute approximate surface area is 120 Å². The zero-order chi connectivity index (χ0) is 13.8. The molecule has 1 saturated carbocycles. The zero-order valence-electron chi connectivity index (χ0n) is 11.8. The first-order chi connectivity index (χ1) is 9.15. The fourth-order valence-electron chi connectivity index (χ4n) is 2.45. The molecule has 1 fully saturated rings. The molecule has 1 N–H and O–H groups in total. The molecular weight excluding hydrogens is 262 g/mol. The first-order valence-corrected chi connectivity index (χ1v) is 7.22. The molecule has 3 unspecified atom stereocenters. The number of methoxy groups -OCH3 is 1. The van der Waals surface area contributed by atoms with Crippen LogP contribution in [0, 0.1) is 6.92 Å². The summed E-state index contributed by atoms with van der Waals surface area (Å²) in [7, 11) is 1.75. The minimum Gasteiger partial charge on any atom is -0.487 e. The number of hydrogen-bond donors (Lipinski definition) is 1. The summed E-state index contributed by atoms with van der Waals surface area (Å²) in [6, 6.07) is 6.11. The van der Waals surface area contributed by atoms with E-state index >= 15 is 0 Å². The molecule has 0 saturated heterocycles. The molecule has 1 aromatic carbocycles. The number of hydrogen-bond acceptors (Lipinski definition) is 3. The second kappa shape index (κ2) is 6.60. The van der Waals surface area contributed by atoms with Crippen LogP contribution in [0.1, 0.15) is 25.3 Å². The molecule has 1 aromatic rings. The molecule has 3 atom stereocenters. The summed E-state index contributed by atoms with van der Waals surface area (Å²) >= 11 is 5.95. The van der Waals surface area contributed by atoms with E-state index in [2.05, 4.69) is 12.2 Å². The molecule has 19 heavy (non-hydrogen) atoms. The maximum absolute atomic E-state index is 6.03. The molecule has 2 rings (SSSR count). The summed E-state index contributed by atoms with van der Waals surface area (Å²) in [6.07, 6.45) is 2.37. The van der Waals surface area contributed by atoms with Gasteiger partial charge in [-0.25, -0.2) is 0 Å². The van der Waals surface area contributed by atoms with E-state index in [0.29, 0.717) is 6.04 Å². The Morgan fingerprint density at radius 2 is 2.21 bits per heavy atom. The highest BCUT2D eigenvalue weighted by molar-refractivity contribution is 6.30. The molecule has 0 spiro atoms. The zero-order valence-corrected chi connectivity index (χ0v) is 12.5. The average Bonchev–Trinajstić information content (AvgIpc) is 2.35. The van der Waals surface area contributed by atoms with E-state index in [1.165, 1.54) is 0 Å². The van der Waals surface area contributed by atoms with Crippen LogP contribution >= 0.6 is 11.6 Å². The lowest BCUT2D eigenvalue weighted by Crippen LogP contribution is -2.61. The molecule has 0 aromatic heterocycles. The molecule has 4 heteroatoms. The molecule has 0 aliphatic heterocycles. The van der Waals surface area contributed by atoms with Gasteiger partial charge in [0.1, 0.15) is 18.0 Å². The maximum atomic E-state index is 6.03. The van der Waals surface area contributed by atoms with Gasteiger partial charge in [-0.1, -0.05) is 18.5 Å². The van der Waals surface area contributed by atoms with Crippen LogP contribution in [0.25, 0.3) is 0 Å². The second-order valence-electron chi connectivity index (χ2n) is 5.06. The summed E-state index contributed by atoms with van der Waals surface area (Å²) in [5, 5.41) is 4.22. The summed E-state index contributed by atoms with van der Waals surface area (Å²) in [4.78, 5) is 0. The van der Waals surface area contributed by atoms with Crippen LogP contribution in [0.4, 0.5) is 0 Å². The van der Waals surface area contributed by atoms with Gasteiger partial charge in [0, 0.05) is 24.6 Å². The predicted octanol–water partition coefficient (Wildman–Crippen LogP) is 3.18. The van der Waals surface area contributed by atoms with Crippen molar-refractivity contribution in [1.29, 1.82) is 0 Å². The van der Waals surface area contributed by atoms with Gasteiger partial charge in [0.15, 0.2) is 0 Å². The molecule has 3 nitrogen and oxygen atoms in total. The van der Waals surface area contributed by atoms with Crippen molar-refractivity contribution in [2.45, 2.75) is 44.9 Å². The van der Waals surface area contributed by atoms with Crippen LogP contribution in [0.15, 0.2) is 18.2 Å². The molecule has 106 valence electrons. The van der Waals surface area contributed by atoms with E-state index < -0.39 is 0 Å². The SMILES string of the molecule is CCCNC1CC(Oc2ccc(Cl)cc2C)C1OC. The third-order valence-electron chi connectivity index (χ3n) is 3.59. The number of benzene rings is 1. The van der Waals surface area contributed by atoms with Gasteiger partial charge in [0.2, 0.25) is 0 Å².